The minimum absolute atomic E-state index is 0.0624. The van der Waals surface area contributed by atoms with E-state index in [-0.39, 0.29) is 11.8 Å². The van der Waals surface area contributed by atoms with Gasteiger partial charge < -0.3 is 5.32 Å². The molecule has 78 valence electrons. The number of fused-ring (bicyclic) bond motifs is 1. The van der Waals surface area contributed by atoms with E-state index < -0.39 is 0 Å². The molecular weight excluding hydrogens is 198 g/mol. The van der Waals surface area contributed by atoms with E-state index in [0.717, 1.165) is 16.8 Å². The van der Waals surface area contributed by atoms with Gasteiger partial charge in [0.15, 0.2) is 0 Å². The van der Waals surface area contributed by atoms with Crippen molar-refractivity contribution >= 4 is 11.6 Å². The number of rotatable bonds is 1. The van der Waals surface area contributed by atoms with Crippen LogP contribution in [0.4, 0.5) is 5.69 Å². The smallest absolute Gasteiger partial charge is 0.236 e. The second kappa shape index (κ2) is 3.49. The number of benzene rings is 2. The van der Waals surface area contributed by atoms with E-state index in [1.165, 1.54) is 0 Å². The molecule has 1 N–H and O–H groups in total. The summed E-state index contributed by atoms with van der Waals surface area (Å²) in [6.45, 7) is 0. The number of nitrogens with one attached hydrogen (secondary N) is 1. The molecule has 0 aromatic heterocycles. The Kier molecular flexibility index (Phi) is 2.00. The molecule has 2 aromatic carbocycles. The van der Waals surface area contributed by atoms with Crippen molar-refractivity contribution in [3.8, 4) is 0 Å². The van der Waals surface area contributed by atoms with Crippen LogP contribution in [0.2, 0.25) is 0 Å². The Labute approximate surface area is 93.9 Å². The van der Waals surface area contributed by atoms with Gasteiger partial charge in [0.1, 0.15) is 0 Å². The summed E-state index contributed by atoms with van der Waals surface area (Å²) >= 11 is 0. The Hall–Kier alpha value is -2.09. The van der Waals surface area contributed by atoms with Gasteiger partial charge in [0.2, 0.25) is 5.91 Å². The summed E-state index contributed by atoms with van der Waals surface area (Å²) in [6, 6.07) is 17.7. The van der Waals surface area contributed by atoms with Gasteiger partial charge in [-0.3, -0.25) is 4.79 Å². The molecule has 1 aliphatic rings. The van der Waals surface area contributed by atoms with Crippen LogP contribution in [0.1, 0.15) is 17.0 Å². The van der Waals surface area contributed by atoms with Gasteiger partial charge >= 0.3 is 0 Å². The summed E-state index contributed by atoms with van der Waals surface area (Å²) in [5, 5.41) is 2.91. The van der Waals surface area contributed by atoms with Crippen LogP contribution in [0.3, 0.4) is 0 Å². The average molecular weight is 209 g/mol. The Balaban J connectivity index is 2.13. The fraction of sp³-hybridized carbons (Fsp3) is 0.0714. The minimum atomic E-state index is -0.155. The first-order chi connectivity index (χ1) is 7.86. The third kappa shape index (κ3) is 1.31. The molecule has 1 amide bonds. The van der Waals surface area contributed by atoms with E-state index in [1.54, 1.807) is 0 Å². The SMILES string of the molecule is O=C1Nc2ccccc2C1c1ccccc1. The van der Waals surface area contributed by atoms with E-state index >= 15 is 0 Å². The van der Waals surface area contributed by atoms with E-state index in [9.17, 15) is 4.79 Å². The van der Waals surface area contributed by atoms with Crippen LogP contribution in [-0.4, -0.2) is 5.91 Å². The van der Waals surface area contributed by atoms with Crippen LogP contribution < -0.4 is 5.32 Å². The number of hydrogen-bond donors (Lipinski definition) is 1. The molecule has 0 saturated carbocycles. The highest BCUT2D eigenvalue weighted by Gasteiger charge is 2.30. The third-order valence-corrected chi connectivity index (χ3v) is 2.92. The van der Waals surface area contributed by atoms with Crippen molar-refractivity contribution < 1.29 is 4.79 Å². The standard InChI is InChI=1S/C14H11NO/c16-14-13(10-6-2-1-3-7-10)11-8-4-5-9-12(11)15-14/h1-9,13H,(H,15,16). The van der Waals surface area contributed by atoms with Gasteiger partial charge in [-0.2, -0.15) is 0 Å². The first kappa shape index (κ1) is 9.16. The lowest BCUT2D eigenvalue weighted by Gasteiger charge is -2.08. The second-order valence-electron chi connectivity index (χ2n) is 3.92. The molecule has 0 radical (unpaired) electrons. The quantitative estimate of drug-likeness (QED) is 0.768. The Morgan fingerprint density at radius 2 is 1.56 bits per heavy atom. The van der Waals surface area contributed by atoms with Crippen molar-refractivity contribution in [2.75, 3.05) is 5.32 Å². The number of carbonyl (C=O) groups is 1. The lowest BCUT2D eigenvalue weighted by molar-refractivity contribution is -0.116. The van der Waals surface area contributed by atoms with Crippen molar-refractivity contribution in [1.29, 1.82) is 0 Å². The fourth-order valence-corrected chi connectivity index (χ4v) is 2.19. The summed E-state index contributed by atoms with van der Waals surface area (Å²) in [4.78, 5) is 11.9. The number of para-hydroxylation sites is 1. The molecular formula is C14H11NO. The molecule has 2 aromatic rings. The summed E-state index contributed by atoms with van der Waals surface area (Å²) in [5.74, 6) is -0.0928. The van der Waals surface area contributed by atoms with Crippen molar-refractivity contribution in [2.24, 2.45) is 0 Å². The molecule has 0 aliphatic carbocycles. The lowest BCUT2D eigenvalue weighted by atomic mass is 9.93. The first-order valence-corrected chi connectivity index (χ1v) is 5.31. The van der Waals surface area contributed by atoms with Gasteiger partial charge in [0, 0.05) is 5.69 Å². The van der Waals surface area contributed by atoms with Crippen LogP contribution in [0.25, 0.3) is 0 Å². The summed E-state index contributed by atoms with van der Waals surface area (Å²) in [5.41, 5.74) is 3.05. The molecule has 1 unspecified atom stereocenters. The third-order valence-electron chi connectivity index (χ3n) is 2.92. The molecule has 1 atom stereocenters. The fourth-order valence-electron chi connectivity index (χ4n) is 2.19. The molecule has 2 heteroatoms. The van der Waals surface area contributed by atoms with E-state index in [0.29, 0.717) is 0 Å². The van der Waals surface area contributed by atoms with Crippen LogP contribution in [-0.2, 0) is 4.79 Å². The lowest BCUT2D eigenvalue weighted by Crippen LogP contribution is -2.12. The van der Waals surface area contributed by atoms with Crippen molar-refractivity contribution in [1.82, 2.24) is 0 Å². The van der Waals surface area contributed by atoms with E-state index in [1.807, 2.05) is 54.6 Å². The monoisotopic (exact) mass is 209 g/mol. The van der Waals surface area contributed by atoms with Gasteiger partial charge in [-0.05, 0) is 17.2 Å². The van der Waals surface area contributed by atoms with E-state index in [4.69, 9.17) is 0 Å². The maximum absolute atomic E-state index is 11.9. The van der Waals surface area contributed by atoms with Crippen LogP contribution in [0, 0.1) is 0 Å². The van der Waals surface area contributed by atoms with Crippen molar-refractivity contribution in [3.05, 3.63) is 65.7 Å². The summed E-state index contributed by atoms with van der Waals surface area (Å²) in [7, 11) is 0. The molecule has 0 spiro atoms. The topological polar surface area (TPSA) is 29.1 Å². The van der Waals surface area contributed by atoms with Crippen LogP contribution >= 0.6 is 0 Å². The molecule has 16 heavy (non-hydrogen) atoms. The number of hydrogen-bond acceptors (Lipinski definition) is 1. The number of anilines is 1. The Bertz CT molecular complexity index is 533. The number of carbonyl (C=O) groups excluding carboxylic acids is 1. The molecule has 1 heterocycles. The first-order valence-electron chi connectivity index (χ1n) is 5.31. The van der Waals surface area contributed by atoms with Gasteiger partial charge in [0.25, 0.3) is 0 Å². The minimum Gasteiger partial charge on any atom is -0.325 e. The van der Waals surface area contributed by atoms with Gasteiger partial charge in [-0.25, -0.2) is 0 Å². The highest BCUT2D eigenvalue weighted by Crippen LogP contribution is 2.36. The molecule has 0 saturated heterocycles. The van der Waals surface area contributed by atoms with Crippen molar-refractivity contribution in [3.63, 3.8) is 0 Å². The summed E-state index contributed by atoms with van der Waals surface area (Å²) < 4.78 is 0. The van der Waals surface area contributed by atoms with Crippen molar-refractivity contribution in [2.45, 2.75) is 5.92 Å². The maximum atomic E-state index is 11.9. The normalized spacial score (nSPS) is 18.0. The molecule has 0 bridgehead atoms. The Morgan fingerprint density at radius 1 is 0.875 bits per heavy atom. The molecule has 2 nitrogen and oxygen atoms in total. The summed E-state index contributed by atoms with van der Waals surface area (Å²) in [6.07, 6.45) is 0. The highest BCUT2D eigenvalue weighted by atomic mass is 16.2. The van der Waals surface area contributed by atoms with Gasteiger partial charge in [0.05, 0.1) is 5.92 Å². The zero-order valence-corrected chi connectivity index (χ0v) is 8.68. The molecule has 0 fully saturated rings. The van der Waals surface area contributed by atoms with Crippen LogP contribution in [0.5, 0.6) is 0 Å². The molecule has 1 aliphatic heterocycles. The largest absolute Gasteiger partial charge is 0.325 e. The van der Waals surface area contributed by atoms with Crippen LogP contribution in [0.15, 0.2) is 54.6 Å². The predicted octanol–water partition coefficient (Wildman–Crippen LogP) is 2.77. The highest BCUT2D eigenvalue weighted by molar-refractivity contribution is 6.04. The van der Waals surface area contributed by atoms with E-state index in [2.05, 4.69) is 5.32 Å². The predicted molar refractivity (Wildman–Crippen MR) is 63.4 cm³/mol. The number of amides is 1. The van der Waals surface area contributed by atoms with Gasteiger partial charge in [-0.15, -0.1) is 0 Å². The average Bonchev–Trinajstić information content (AvgIpc) is 2.66. The second-order valence-corrected chi connectivity index (χ2v) is 3.92. The zero-order chi connectivity index (χ0) is 11.0. The zero-order valence-electron chi connectivity index (χ0n) is 8.68. The molecule has 3 rings (SSSR count). The Morgan fingerprint density at radius 3 is 2.38 bits per heavy atom. The maximum Gasteiger partial charge on any atom is 0.236 e. The van der Waals surface area contributed by atoms with Gasteiger partial charge in [-0.1, -0.05) is 48.5 Å².